The van der Waals surface area contributed by atoms with Gasteiger partial charge in [-0.15, -0.1) is 0 Å². The number of rotatable bonds is 5. The topological polar surface area (TPSA) is 9.23 Å². The summed E-state index contributed by atoms with van der Waals surface area (Å²) in [5.41, 5.74) is 3.94. The summed E-state index contributed by atoms with van der Waals surface area (Å²) in [6, 6.07) is 19.1. The molecule has 0 aliphatic heterocycles. The van der Waals surface area contributed by atoms with E-state index in [9.17, 15) is 0 Å². The molecule has 1 unspecified atom stereocenters. The molecule has 1 atom stereocenters. The molecular weight excluding hydrogens is 220 g/mol. The van der Waals surface area contributed by atoms with Gasteiger partial charge in [-0.3, -0.25) is 0 Å². The summed E-state index contributed by atoms with van der Waals surface area (Å²) in [4.78, 5) is 0. The molecule has 0 aliphatic rings. The Balaban J connectivity index is 2.31. The summed E-state index contributed by atoms with van der Waals surface area (Å²) in [6.45, 7) is 5.81. The Kier molecular flexibility index (Phi) is 4.54. The molecule has 0 bridgehead atoms. The van der Waals surface area contributed by atoms with E-state index in [4.69, 9.17) is 4.74 Å². The molecular formula is C17H20O. The van der Waals surface area contributed by atoms with Gasteiger partial charge in [0, 0.05) is 12.5 Å². The van der Waals surface area contributed by atoms with E-state index in [2.05, 4.69) is 61.5 Å². The zero-order chi connectivity index (χ0) is 12.8. The Morgan fingerprint density at radius 3 is 2.33 bits per heavy atom. The van der Waals surface area contributed by atoms with Crippen molar-refractivity contribution in [2.24, 2.45) is 0 Å². The van der Waals surface area contributed by atoms with E-state index in [0.29, 0.717) is 5.92 Å². The molecule has 0 fully saturated rings. The molecule has 2 aromatic carbocycles. The van der Waals surface area contributed by atoms with Crippen molar-refractivity contribution in [3.05, 3.63) is 60.2 Å². The molecule has 0 radical (unpaired) electrons. The highest BCUT2D eigenvalue weighted by molar-refractivity contribution is 5.67. The van der Waals surface area contributed by atoms with Crippen LogP contribution in [0.3, 0.4) is 0 Å². The van der Waals surface area contributed by atoms with Crippen LogP contribution in [-0.4, -0.2) is 13.2 Å². The van der Waals surface area contributed by atoms with Crippen molar-refractivity contribution in [2.45, 2.75) is 19.8 Å². The molecule has 0 N–H and O–H groups in total. The van der Waals surface area contributed by atoms with E-state index in [0.717, 1.165) is 13.2 Å². The van der Waals surface area contributed by atoms with Gasteiger partial charge in [0.2, 0.25) is 0 Å². The number of hydrogen-bond donors (Lipinski definition) is 0. The van der Waals surface area contributed by atoms with Crippen LogP contribution in [0.5, 0.6) is 0 Å². The third-order valence-electron chi connectivity index (χ3n) is 3.15. The maximum Gasteiger partial charge on any atom is 0.0532 e. The van der Waals surface area contributed by atoms with Crippen LogP contribution in [0.25, 0.3) is 11.1 Å². The Morgan fingerprint density at radius 1 is 0.944 bits per heavy atom. The fourth-order valence-electron chi connectivity index (χ4n) is 2.19. The minimum Gasteiger partial charge on any atom is -0.381 e. The van der Waals surface area contributed by atoms with Gasteiger partial charge in [-0.1, -0.05) is 61.5 Å². The smallest absolute Gasteiger partial charge is 0.0532 e. The first-order valence-corrected chi connectivity index (χ1v) is 6.55. The minimum absolute atomic E-state index is 0.418. The molecule has 0 saturated carbocycles. The first-order valence-electron chi connectivity index (χ1n) is 6.55. The lowest BCUT2D eigenvalue weighted by Crippen LogP contribution is -2.05. The highest BCUT2D eigenvalue weighted by atomic mass is 16.5. The Labute approximate surface area is 109 Å². The summed E-state index contributed by atoms with van der Waals surface area (Å²) < 4.78 is 5.54. The van der Waals surface area contributed by atoms with Crippen molar-refractivity contribution in [3.8, 4) is 11.1 Å². The largest absolute Gasteiger partial charge is 0.381 e. The van der Waals surface area contributed by atoms with E-state index in [1.807, 2.05) is 6.92 Å². The van der Waals surface area contributed by atoms with Gasteiger partial charge < -0.3 is 4.74 Å². The average Bonchev–Trinajstić information content (AvgIpc) is 2.45. The Morgan fingerprint density at radius 2 is 1.61 bits per heavy atom. The average molecular weight is 240 g/mol. The Bertz CT molecular complexity index is 476. The van der Waals surface area contributed by atoms with Crippen molar-refractivity contribution in [3.63, 3.8) is 0 Å². The van der Waals surface area contributed by atoms with E-state index in [-0.39, 0.29) is 0 Å². The monoisotopic (exact) mass is 240 g/mol. The highest BCUT2D eigenvalue weighted by Gasteiger charge is 2.11. The van der Waals surface area contributed by atoms with Crippen molar-refractivity contribution in [2.75, 3.05) is 13.2 Å². The maximum absolute atomic E-state index is 5.54. The fraction of sp³-hybridized carbons (Fsp3) is 0.294. The van der Waals surface area contributed by atoms with Crippen LogP contribution in [0.15, 0.2) is 54.6 Å². The Hall–Kier alpha value is -1.60. The molecule has 2 rings (SSSR count). The van der Waals surface area contributed by atoms with Crippen molar-refractivity contribution >= 4 is 0 Å². The van der Waals surface area contributed by atoms with E-state index < -0.39 is 0 Å². The van der Waals surface area contributed by atoms with Gasteiger partial charge in [0.15, 0.2) is 0 Å². The first-order chi connectivity index (χ1) is 8.83. The number of ether oxygens (including phenoxy) is 1. The molecule has 0 saturated heterocycles. The van der Waals surface area contributed by atoms with E-state index in [1.165, 1.54) is 16.7 Å². The minimum atomic E-state index is 0.418. The molecule has 1 heteroatoms. The molecule has 0 aromatic heterocycles. The number of hydrogen-bond acceptors (Lipinski definition) is 1. The van der Waals surface area contributed by atoms with Crippen molar-refractivity contribution < 1.29 is 4.74 Å². The van der Waals surface area contributed by atoms with Gasteiger partial charge in [-0.2, -0.15) is 0 Å². The lowest BCUT2D eigenvalue weighted by atomic mass is 9.92. The number of benzene rings is 2. The normalized spacial score (nSPS) is 12.3. The summed E-state index contributed by atoms with van der Waals surface area (Å²) in [5.74, 6) is 0.418. The summed E-state index contributed by atoms with van der Waals surface area (Å²) in [6.07, 6.45) is 0. The predicted octanol–water partition coefficient (Wildman–Crippen LogP) is 4.49. The first kappa shape index (κ1) is 12.8. The molecule has 2 aromatic rings. The molecule has 0 heterocycles. The second-order valence-corrected chi connectivity index (χ2v) is 4.51. The molecule has 0 spiro atoms. The van der Waals surface area contributed by atoms with Crippen LogP contribution in [0, 0.1) is 0 Å². The van der Waals surface area contributed by atoms with Gasteiger partial charge in [0.1, 0.15) is 0 Å². The molecule has 94 valence electrons. The molecule has 18 heavy (non-hydrogen) atoms. The molecule has 0 amide bonds. The fourth-order valence-corrected chi connectivity index (χ4v) is 2.19. The zero-order valence-corrected chi connectivity index (χ0v) is 11.1. The quantitative estimate of drug-likeness (QED) is 0.748. The van der Waals surface area contributed by atoms with Gasteiger partial charge in [0.25, 0.3) is 0 Å². The van der Waals surface area contributed by atoms with Crippen molar-refractivity contribution in [1.29, 1.82) is 0 Å². The van der Waals surface area contributed by atoms with Gasteiger partial charge in [-0.25, -0.2) is 0 Å². The molecule has 0 aliphatic carbocycles. The molecule has 1 nitrogen and oxygen atoms in total. The highest BCUT2D eigenvalue weighted by Crippen LogP contribution is 2.29. The van der Waals surface area contributed by atoms with Gasteiger partial charge >= 0.3 is 0 Å². The predicted molar refractivity (Wildman–Crippen MR) is 76.8 cm³/mol. The van der Waals surface area contributed by atoms with E-state index >= 15 is 0 Å². The summed E-state index contributed by atoms with van der Waals surface area (Å²) in [7, 11) is 0. The van der Waals surface area contributed by atoms with Crippen LogP contribution < -0.4 is 0 Å². The van der Waals surface area contributed by atoms with Crippen LogP contribution in [-0.2, 0) is 4.74 Å². The second kappa shape index (κ2) is 6.36. The summed E-state index contributed by atoms with van der Waals surface area (Å²) >= 11 is 0. The standard InChI is InChI=1S/C17H20O/c1-3-18-13-14(2)16-11-7-8-12-17(16)15-9-5-4-6-10-15/h4-12,14H,3,13H2,1-2H3. The third kappa shape index (κ3) is 2.99. The lowest BCUT2D eigenvalue weighted by molar-refractivity contribution is 0.136. The van der Waals surface area contributed by atoms with Crippen LogP contribution >= 0.6 is 0 Å². The third-order valence-corrected chi connectivity index (χ3v) is 3.15. The second-order valence-electron chi connectivity index (χ2n) is 4.51. The van der Waals surface area contributed by atoms with Gasteiger partial charge in [0.05, 0.1) is 6.61 Å². The van der Waals surface area contributed by atoms with E-state index in [1.54, 1.807) is 0 Å². The summed E-state index contributed by atoms with van der Waals surface area (Å²) in [5, 5.41) is 0. The van der Waals surface area contributed by atoms with Gasteiger partial charge in [-0.05, 0) is 23.6 Å². The van der Waals surface area contributed by atoms with Crippen LogP contribution in [0.1, 0.15) is 25.3 Å². The van der Waals surface area contributed by atoms with Crippen LogP contribution in [0.4, 0.5) is 0 Å². The zero-order valence-electron chi connectivity index (χ0n) is 11.1. The van der Waals surface area contributed by atoms with Crippen LogP contribution in [0.2, 0.25) is 0 Å². The lowest BCUT2D eigenvalue weighted by Gasteiger charge is -2.16. The SMILES string of the molecule is CCOCC(C)c1ccccc1-c1ccccc1. The van der Waals surface area contributed by atoms with Crippen molar-refractivity contribution in [1.82, 2.24) is 0 Å². The maximum atomic E-state index is 5.54.